The molecule has 0 bridgehead atoms. The van der Waals surface area contributed by atoms with Gasteiger partial charge in [-0.3, -0.25) is 4.79 Å². The van der Waals surface area contributed by atoms with E-state index in [0.717, 1.165) is 12.8 Å². The van der Waals surface area contributed by atoms with Gasteiger partial charge in [0.2, 0.25) is 0 Å². The Balaban J connectivity index is 2.53. The predicted octanol–water partition coefficient (Wildman–Crippen LogP) is 0.974. The molecule has 1 aliphatic rings. The summed E-state index contributed by atoms with van der Waals surface area (Å²) in [6, 6.07) is 1.64. The summed E-state index contributed by atoms with van der Waals surface area (Å²) in [6.07, 6.45) is 2.27. The van der Waals surface area contributed by atoms with Crippen LogP contribution in [-0.4, -0.2) is 24.2 Å². The molecule has 0 saturated carbocycles. The van der Waals surface area contributed by atoms with E-state index in [1.165, 1.54) is 0 Å². The van der Waals surface area contributed by atoms with E-state index in [9.17, 15) is 4.79 Å². The van der Waals surface area contributed by atoms with E-state index < -0.39 is 11.6 Å². The molecule has 1 heterocycles. The van der Waals surface area contributed by atoms with Gasteiger partial charge in [0.1, 0.15) is 11.6 Å². The average Bonchev–Trinajstić information content (AvgIpc) is 2.62. The Kier molecular flexibility index (Phi) is 3.48. The predicted molar refractivity (Wildman–Crippen MR) is 51.4 cm³/mol. The minimum absolute atomic E-state index is 0.164. The van der Waals surface area contributed by atoms with E-state index in [0.29, 0.717) is 13.0 Å². The number of carbonyl (C=O) groups is 1. The number of hydrogen-bond donors (Lipinski definition) is 1. The lowest BCUT2D eigenvalue weighted by molar-refractivity contribution is -0.139. The zero-order valence-electron chi connectivity index (χ0n) is 8.67. The molecule has 1 amide bonds. The van der Waals surface area contributed by atoms with E-state index >= 15 is 0 Å². The van der Waals surface area contributed by atoms with E-state index in [4.69, 9.17) is 10.00 Å². The first-order valence-electron chi connectivity index (χ1n) is 4.97. The molecule has 0 spiro atoms. The quantitative estimate of drug-likeness (QED) is 0.731. The maximum absolute atomic E-state index is 11.7. The van der Waals surface area contributed by atoms with Gasteiger partial charge in [0, 0.05) is 6.61 Å². The summed E-state index contributed by atoms with van der Waals surface area (Å²) in [7, 11) is 0. The van der Waals surface area contributed by atoms with E-state index in [1.54, 1.807) is 6.92 Å². The highest BCUT2D eigenvalue weighted by molar-refractivity contribution is 5.85. The molecule has 1 aliphatic heterocycles. The molecule has 2 unspecified atom stereocenters. The minimum atomic E-state index is -0.718. The highest BCUT2D eigenvalue weighted by Crippen LogP contribution is 2.25. The fourth-order valence-corrected chi connectivity index (χ4v) is 1.49. The molecule has 4 nitrogen and oxygen atoms in total. The fraction of sp³-hybridized carbons (Fsp3) is 0.800. The SMILES string of the molecule is CCC(C#N)NC(=O)C1(C)CCCO1. The molecule has 0 aliphatic carbocycles. The Labute approximate surface area is 84.2 Å². The van der Waals surface area contributed by atoms with Gasteiger partial charge in [-0.1, -0.05) is 6.92 Å². The molecule has 2 atom stereocenters. The highest BCUT2D eigenvalue weighted by atomic mass is 16.5. The third kappa shape index (κ3) is 2.24. The second-order valence-electron chi connectivity index (χ2n) is 3.75. The van der Waals surface area contributed by atoms with Crippen molar-refractivity contribution in [2.45, 2.75) is 44.8 Å². The normalized spacial score (nSPS) is 28.1. The van der Waals surface area contributed by atoms with Crippen molar-refractivity contribution in [1.29, 1.82) is 5.26 Å². The molecule has 1 rings (SSSR count). The molecular formula is C10H16N2O2. The number of amides is 1. The van der Waals surface area contributed by atoms with Crippen LogP contribution in [0.1, 0.15) is 33.1 Å². The van der Waals surface area contributed by atoms with Gasteiger partial charge in [0.25, 0.3) is 5.91 Å². The first kappa shape index (κ1) is 11.0. The Hall–Kier alpha value is -1.08. The standard InChI is InChI=1S/C10H16N2O2/c1-3-8(7-11)12-9(13)10(2)5-4-6-14-10/h8H,3-6H2,1-2H3,(H,12,13). The summed E-state index contributed by atoms with van der Waals surface area (Å²) in [5.74, 6) is -0.164. The summed E-state index contributed by atoms with van der Waals surface area (Å²) in [5, 5.41) is 11.4. The average molecular weight is 196 g/mol. The first-order chi connectivity index (χ1) is 6.62. The Morgan fingerprint density at radius 1 is 1.79 bits per heavy atom. The van der Waals surface area contributed by atoms with Crippen molar-refractivity contribution in [2.75, 3.05) is 6.61 Å². The number of carbonyl (C=O) groups excluding carboxylic acids is 1. The van der Waals surface area contributed by atoms with Crippen molar-refractivity contribution in [3.63, 3.8) is 0 Å². The van der Waals surface area contributed by atoms with E-state index in [2.05, 4.69) is 5.32 Å². The van der Waals surface area contributed by atoms with Crippen LogP contribution in [0.4, 0.5) is 0 Å². The van der Waals surface area contributed by atoms with Crippen LogP contribution in [0.5, 0.6) is 0 Å². The molecule has 78 valence electrons. The van der Waals surface area contributed by atoms with Crippen LogP contribution in [0.15, 0.2) is 0 Å². The van der Waals surface area contributed by atoms with Gasteiger partial charge in [0.05, 0.1) is 6.07 Å². The van der Waals surface area contributed by atoms with Crippen molar-refractivity contribution in [3.05, 3.63) is 0 Å². The van der Waals surface area contributed by atoms with Gasteiger partial charge in [-0.25, -0.2) is 0 Å². The van der Waals surface area contributed by atoms with E-state index in [1.807, 2.05) is 13.0 Å². The molecule has 1 N–H and O–H groups in total. The van der Waals surface area contributed by atoms with Crippen LogP contribution < -0.4 is 5.32 Å². The molecule has 0 aromatic rings. The van der Waals surface area contributed by atoms with Crippen LogP contribution in [0.2, 0.25) is 0 Å². The summed E-state index contributed by atoms with van der Waals surface area (Å²) < 4.78 is 5.37. The zero-order chi connectivity index (χ0) is 10.6. The molecule has 1 fully saturated rings. The molecule has 0 radical (unpaired) electrons. The molecule has 1 saturated heterocycles. The highest BCUT2D eigenvalue weighted by Gasteiger charge is 2.38. The molecule has 0 aromatic carbocycles. The second kappa shape index (κ2) is 4.43. The summed E-state index contributed by atoms with van der Waals surface area (Å²) in [5.41, 5.74) is -0.718. The van der Waals surface area contributed by atoms with Gasteiger partial charge < -0.3 is 10.1 Å². The van der Waals surface area contributed by atoms with Crippen LogP contribution in [0, 0.1) is 11.3 Å². The van der Waals surface area contributed by atoms with Crippen molar-refractivity contribution < 1.29 is 9.53 Å². The van der Waals surface area contributed by atoms with Gasteiger partial charge in [-0.05, 0) is 26.2 Å². The van der Waals surface area contributed by atoms with Crippen LogP contribution in [-0.2, 0) is 9.53 Å². The maximum atomic E-state index is 11.7. The number of nitriles is 1. The Bertz CT molecular complexity index is 251. The number of nitrogens with zero attached hydrogens (tertiary/aromatic N) is 1. The molecular weight excluding hydrogens is 180 g/mol. The summed E-state index contributed by atoms with van der Waals surface area (Å²) in [6.45, 7) is 4.28. The van der Waals surface area contributed by atoms with Gasteiger partial charge in [0.15, 0.2) is 0 Å². The fourth-order valence-electron chi connectivity index (χ4n) is 1.49. The summed E-state index contributed by atoms with van der Waals surface area (Å²) >= 11 is 0. The third-order valence-electron chi connectivity index (χ3n) is 2.57. The third-order valence-corrected chi connectivity index (χ3v) is 2.57. The molecule has 4 heteroatoms. The molecule has 14 heavy (non-hydrogen) atoms. The largest absolute Gasteiger partial charge is 0.365 e. The number of nitrogens with one attached hydrogen (secondary N) is 1. The number of rotatable bonds is 3. The smallest absolute Gasteiger partial charge is 0.252 e. The van der Waals surface area contributed by atoms with Crippen molar-refractivity contribution >= 4 is 5.91 Å². The molecule has 0 aromatic heterocycles. The van der Waals surface area contributed by atoms with Crippen LogP contribution >= 0.6 is 0 Å². The topological polar surface area (TPSA) is 62.1 Å². The number of hydrogen-bond acceptors (Lipinski definition) is 3. The van der Waals surface area contributed by atoms with Crippen molar-refractivity contribution in [1.82, 2.24) is 5.32 Å². The Morgan fingerprint density at radius 3 is 2.93 bits per heavy atom. The van der Waals surface area contributed by atoms with Crippen LogP contribution in [0.3, 0.4) is 0 Å². The van der Waals surface area contributed by atoms with Gasteiger partial charge >= 0.3 is 0 Å². The van der Waals surface area contributed by atoms with Gasteiger partial charge in [-0.15, -0.1) is 0 Å². The summed E-state index contributed by atoms with van der Waals surface area (Å²) in [4.78, 5) is 11.7. The number of ether oxygens (including phenoxy) is 1. The lowest BCUT2D eigenvalue weighted by atomic mass is 10.0. The lowest BCUT2D eigenvalue weighted by Gasteiger charge is -2.23. The van der Waals surface area contributed by atoms with Crippen molar-refractivity contribution in [2.24, 2.45) is 0 Å². The first-order valence-corrected chi connectivity index (χ1v) is 4.97. The lowest BCUT2D eigenvalue weighted by Crippen LogP contribution is -2.47. The maximum Gasteiger partial charge on any atom is 0.252 e. The second-order valence-corrected chi connectivity index (χ2v) is 3.75. The Morgan fingerprint density at radius 2 is 2.50 bits per heavy atom. The van der Waals surface area contributed by atoms with Crippen LogP contribution in [0.25, 0.3) is 0 Å². The van der Waals surface area contributed by atoms with Gasteiger partial charge in [-0.2, -0.15) is 5.26 Å². The minimum Gasteiger partial charge on any atom is -0.365 e. The van der Waals surface area contributed by atoms with Crippen molar-refractivity contribution in [3.8, 4) is 6.07 Å². The zero-order valence-corrected chi connectivity index (χ0v) is 8.67. The van der Waals surface area contributed by atoms with E-state index in [-0.39, 0.29) is 5.91 Å². The monoisotopic (exact) mass is 196 g/mol.